The lowest BCUT2D eigenvalue weighted by Crippen LogP contribution is -2.48. The number of benzene rings is 1. The first-order chi connectivity index (χ1) is 12.3. The second kappa shape index (κ2) is 8.62. The van der Waals surface area contributed by atoms with Crippen LogP contribution in [0.2, 0.25) is 0 Å². The van der Waals surface area contributed by atoms with Gasteiger partial charge in [-0.3, -0.25) is 4.98 Å². The molecule has 5 nitrogen and oxygen atoms in total. The summed E-state index contributed by atoms with van der Waals surface area (Å²) < 4.78 is 0. The smallest absolute Gasteiger partial charge is 0.317 e. The highest BCUT2D eigenvalue weighted by Crippen LogP contribution is 2.20. The van der Waals surface area contributed by atoms with Gasteiger partial charge in [-0.15, -0.1) is 0 Å². The third-order valence-corrected chi connectivity index (χ3v) is 4.74. The SMILES string of the molecule is O=C(NCc1ccc(-c2cccnc2)cc1)N1CCCCC1CCO. The summed E-state index contributed by atoms with van der Waals surface area (Å²) in [6.45, 7) is 1.41. The number of aromatic nitrogens is 1. The van der Waals surface area contributed by atoms with Crippen LogP contribution in [0.5, 0.6) is 0 Å². The summed E-state index contributed by atoms with van der Waals surface area (Å²) in [6, 6.07) is 12.2. The zero-order valence-electron chi connectivity index (χ0n) is 14.4. The first kappa shape index (κ1) is 17.4. The molecule has 132 valence electrons. The second-order valence-corrected chi connectivity index (χ2v) is 6.45. The van der Waals surface area contributed by atoms with Crippen molar-refractivity contribution in [2.45, 2.75) is 38.3 Å². The van der Waals surface area contributed by atoms with Crippen LogP contribution in [-0.4, -0.2) is 40.2 Å². The average molecular weight is 339 g/mol. The number of urea groups is 1. The maximum Gasteiger partial charge on any atom is 0.317 e. The molecule has 1 saturated heterocycles. The number of pyridine rings is 1. The summed E-state index contributed by atoms with van der Waals surface area (Å²) in [6.07, 6.45) is 7.41. The van der Waals surface area contributed by atoms with E-state index in [4.69, 9.17) is 0 Å². The zero-order chi connectivity index (χ0) is 17.5. The monoisotopic (exact) mass is 339 g/mol. The van der Waals surface area contributed by atoms with Crippen molar-refractivity contribution in [3.63, 3.8) is 0 Å². The Bertz CT molecular complexity index is 671. The standard InChI is InChI=1S/C20H25N3O2/c24-13-10-19-5-1-2-12-23(19)20(25)22-14-16-6-8-17(9-7-16)18-4-3-11-21-15-18/h3-4,6-9,11,15,19,24H,1-2,5,10,12-14H2,(H,22,25). The van der Waals surface area contributed by atoms with Crippen molar-refractivity contribution in [3.8, 4) is 11.1 Å². The van der Waals surface area contributed by atoms with Gasteiger partial charge in [-0.05, 0) is 48.4 Å². The van der Waals surface area contributed by atoms with E-state index in [1.54, 1.807) is 6.20 Å². The van der Waals surface area contributed by atoms with Gasteiger partial charge < -0.3 is 15.3 Å². The maximum atomic E-state index is 12.5. The van der Waals surface area contributed by atoms with Gasteiger partial charge in [0.15, 0.2) is 0 Å². The number of hydrogen-bond donors (Lipinski definition) is 2. The molecule has 2 amide bonds. The van der Waals surface area contributed by atoms with Crippen LogP contribution in [0, 0.1) is 0 Å². The lowest BCUT2D eigenvalue weighted by Gasteiger charge is -2.35. The van der Waals surface area contributed by atoms with E-state index in [-0.39, 0.29) is 18.7 Å². The van der Waals surface area contributed by atoms with Gasteiger partial charge in [-0.1, -0.05) is 30.3 Å². The number of piperidine rings is 1. The Morgan fingerprint density at radius 2 is 2.04 bits per heavy atom. The highest BCUT2D eigenvalue weighted by molar-refractivity contribution is 5.74. The van der Waals surface area contributed by atoms with E-state index in [1.165, 1.54) is 0 Å². The molecule has 1 atom stereocenters. The number of carbonyl (C=O) groups excluding carboxylic acids is 1. The van der Waals surface area contributed by atoms with Crippen LogP contribution in [0.3, 0.4) is 0 Å². The van der Waals surface area contributed by atoms with Crippen LogP contribution in [0.4, 0.5) is 4.79 Å². The number of carbonyl (C=O) groups is 1. The van der Waals surface area contributed by atoms with Crippen LogP contribution in [0.1, 0.15) is 31.2 Å². The summed E-state index contributed by atoms with van der Waals surface area (Å²) in [4.78, 5) is 18.5. The molecule has 1 aromatic heterocycles. The number of aliphatic hydroxyl groups is 1. The van der Waals surface area contributed by atoms with Gasteiger partial charge >= 0.3 is 6.03 Å². The van der Waals surface area contributed by atoms with Crippen molar-refractivity contribution in [3.05, 3.63) is 54.4 Å². The number of nitrogens with zero attached hydrogens (tertiary/aromatic N) is 2. The van der Waals surface area contributed by atoms with Crippen LogP contribution in [0.15, 0.2) is 48.8 Å². The first-order valence-corrected chi connectivity index (χ1v) is 8.92. The number of hydrogen-bond acceptors (Lipinski definition) is 3. The Labute approximate surface area is 148 Å². The minimum absolute atomic E-state index is 0.0329. The summed E-state index contributed by atoms with van der Waals surface area (Å²) >= 11 is 0. The fourth-order valence-corrected chi connectivity index (χ4v) is 3.34. The molecule has 0 radical (unpaired) electrons. The van der Waals surface area contributed by atoms with Gasteiger partial charge in [0.25, 0.3) is 0 Å². The number of likely N-dealkylation sites (tertiary alicyclic amines) is 1. The fraction of sp³-hybridized carbons (Fsp3) is 0.400. The lowest BCUT2D eigenvalue weighted by atomic mass is 10.00. The van der Waals surface area contributed by atoms with E-state index >= 15 is 0 Å². The lowest BCUT2D eigenvalue weighted by molar-refractivity contribution is 0.131. The summed E-state index contributed by atoms with van der Waals surface area (Å²) in [7, 11) is 0. The number of amides is 2. The van der Waals surface area contributed by atoms with E-state index in [9.17, 15) is 9.90 Å². The van der Waals surface area contributed by atoms with E-state index in [2.05, 4.69) is 10.3 Å². The van der Waals surface area contributed by atoms with Crippen molar-refractivity contribution in [2.24, 2.45) is 0 Å². The Morgan fingerprint density at radius 3 is 2.76 bits per heavy atom. The summed E-state index contributed by atoms with van der Waals surface area (Å²) in [5.41, 5.74) is 3.26. The molecular formula is C20H25N3O2. The van der Waals surface area contributed by atoms with Gasteiger partial charge in [0, 0.05) is 38.1 Å². The highest BCUT2D eigenvalue weighted by Gasteiger charge is 2.25. The third-order valence-electron chi connectivity index (χ3n) is 4.74. The van der Waals surface area contributed by atoms with Crippen molar-refractivity contribution in [2.75, 3.05) is 13.2 Å². The minimum Gasteiger partial charge on any atom is -0.396 e. The predicted molar refractivity (Wildman–Crippen MR) is 98.0 cm³/mol. The largest absolute Gasteiger partial charge is 0.396 e. The topological polar surface area (TPSA) is 65.5 Å². The van der Waals surface area contributed by atoms with Gasteiger partial charge in [0.05, 0.1) is 0 Å². The molecule has 2 aromatic rings. The Hall–Kier alpha value is -2.40. The molecule has 1 unspecified atom stereocenters. The van der Waals surface area contributed by atoms with Gasteiger partial charge in [-0.25, -0.2) is 4.79 Å². The van der Waals surface area contributed by atoms with Crippen LogP contribution in [-0.2, 0) is 6.54 Å². The van der Waals surface area contributed by atoms with E-state index in [0.717, 1.165) is 42.5 Å². The maximum absolute atomic E-state index is 12.5. The molecular weight excluding hydrogens is 314 g/mol. The molecule has 0 saturated carbocycles. The predicted octanol–water partition coefficient (Wildman–Crippen LogP) is 3.20. The molecule has 0 bridgehead atoms. The second-order valence-electron chi connectivity index (χ2n) is 6.45. The van der Waals surface area contributed by atoms with Crippen LogP contribution < -0.4 is 5.32 Å². The Balaban J connectivity index is 1.56. The van der Waals surface area contributed by atoms with Gasteiger partial charge in [0.1, 0.15) is 0 Å². The average Bonchev–Trinajstić information content (AvgIpc) is 2.68. The zero-order valence-corrected chi connectivity index (χ0v) is 14.4. The number of nitrogens with one attached hydrogen (secondary N) is 1. The Kier molecular flexibility index (Phi) is 6.01. The molecule has 2 heterocycles. The van der Waals surface area contributed by atoms with Crippen LogP contribution in [0.25, 0.3) is 11.1 Å². The fourth-order valence-electron chi connectivity index (χ4n) is 3.34. The van der Waals surface area contributed by atoms with E-state index in [1.807, 2.05) is 47.5 Å². The molecule has 2 N–H and O–H groups in total. The van der Waals surface area contributed by atoms with E-state index in [0.29, 0.717) is 13.0 Å². The molecule has 25 heavy (non-hydrogen) atoms. The normalized spacial score (nSPS) is 17.3. The molecule has 1 aliphatic rings. The molecule has 3 rings (SSSR count). The quantitative estimate of drug-likeness (QED) is 0.879. The van der Waals surface area contributed by atoms with Gasteiger partial charge in [-0.2, -0.15) is 0 Å². The van der Waals surface area contributed by atoms with Crippen molar-refractivity contribution < 1.29 is 9.90 Å². The van der Waals surface area contributed by atoms with Gasteiger partial charge in [0.2, 0.25) is 0 Å². The van der Waals surface area contributed by atoms with E-state index < -0.39 is 0 Å². The van der Waals surface area contributed by atoms with Crippen molar-refractivity contribution in [1.82, 2.24) is 15.2 Å². The minimum atomic E-state index is -0.0329. The Morgan fingerprint density at radius 1 is 1.20 bits per heavy atom. The summed E-state index contributed by atoms with van der Waals surface area (Å²) in [5, 5.41) is 12.2. The first-order valence-electron chi connectivity index (χ1n) is 8.92. The molecule has 0 spiro atoms. The number of aliphatic hydroxyl groups excluding tert-OH is 1. The number of rotatable bonds is 5. The molecule has 1 aromatic carbocycles. The third kappa shape index (κ3) is 4.57. The molecule has 1 fully saturated rings. The molecule has 0 aliphatic carbocycles. The van der Waals surface area contributed by atoms with Crippen molar-refractivity contribution in [1.29, 1.82) is 0 Å². The highest BCUT2D eigenvalue weighted by atomic mass is 16.3. The summed E-state index contributed by atoms with van der Waals surface area (Å²) in [5.74, 6) is 0. The van der Waals surface area contributed by atoms with Crippen molar-refractivity contribution >= 4 is 6.03 Å². The molecule has 5 heteroatoms. The molecule has 1 aliphatic heterocycles. The van der Waals surface area contributed by atoms with Crippen LogP contribution >= 0.6 is 0 Å².